The first-order valence-corrected chi connectivity index (χ1v) is 8.21. The zero-order valence-electron chi connectivity index (χ0n) is 13.6. The van der Waals surface area contributed by atoms with Crippen LogP contribution in [0, 0.1) is 10.1 Å². The van der Waals surface area contributed by atoms with Gasteiger partial charge < -0.3 is 10.1 Å². The second-order valence-corrected chi connectivity index (χ2v) is 5.77. The average Bonchev–Trinajstić information content (AvgIpc) is 3.10. The van der Waals surface area contributed by atoms with Crippen molar-refractivity contribution in [2.45, 2.75) is 6.42 Å². The first-order valence-electron chi connectivity index (χ1n) is 7.84. The van der Waals surface area contributed by atoms with Crippen LogP contribution in [0.1, 0.15) is 6.42 Å². The Kier molecular flexibility index (Phi) is 5.65. The molecule has 0 radical (unpaired) electrons. The van der Waals surface area contributed by atoms with Gasteiger partial charge >= 0.3 is 0 Å². The molecule has 0 bridgehead atoms. The zero-order chi connectivity index (χ0) is 18.4. The van der Waals surface area contributed by atoms with Crippen LogP contribution in [0.4, 0.5) is 11.4 Å². The summed E-state index contributed by atoms with van der Waals surface area (Å²) in [4.78, 5) is 10.6. The molecule has 0 saturated heterocycles. The molecule has 9 heteroatoms. The largest absolute Gasteiger partial charge is 0.474 e. The van der Waals surface area contributed by atoms with E-state index in [1.165, 1.54) is 18.2 Å². The number of benzene rings is 2. The molecule has 0 saturated carbocycles. The van der Waals surface area contributed by atoms with Crippen molar-refractivity contribution in [3.8, 4) is 17.1 Å². The van der Waals surface area contributed by atoms with E-state index in [1.807, 2.05) is 30.3 Å². The van der Waals surface area contributed by atoms with Crippen molar-refractivity contribution in [3.63, 3.8) is 0 Å². The van der Waals surface area contributed by atoms with Crippen molar-refractivity contribution < 1.29 is 14.3 Å². The fourth-order valence-electron chi connectivity index (χ4n) is 2.32. The van der Waals surface area contributed by atoms with Gasteiger partial charge in [-0.3, -0.25) is 10.1 Å². The van der Waals surface area contributed by atoms with Gasteiger partial charge in [0.05, 0.1) is 11.5 Å². The van der Waals surface area contributed by atoms with Gasteiger partial charge in [0.15, 0.2) is 5.69 Å². The molecule has 26 heavy (non-hydrogen) atoms. The number of nitrogens with zero attached hydrogens (tertiary/aromatic N) is 3. The third-order valence-corrected chi connectivity index (χ3v) is 3.77. The Morgan fingerprint density at radius 3 is 2.77 bits per heavy atom. The van der Waals surface area contributed by atoms with Crippen LogP contribution < -0.4 is 10.1 Å². The van der Waals surface area contributed by atoms with Gasteiger partial charge in [-0.05, 0) is 28.9 Å². The Hall–Kier alpha value is -3.13. The van der Waals surface area contributed by atoms with Crippen LogP contribution >= 0.6 is 11.6 Å². The molecule has 1 heterocycles. The third-order valence-electron chi connectivity index (χ3n) is 3.54. The van der Waals surface area contributed by atoms with Crippen molar-refractivity contribution in [1.82, 2.24) is 10.3 Å². The Balaban J connectivity index is 1.53. The predicted octanol–water partition coefficient (Wildman–Crippen LogP) is 4.18. The van der Waals surface area contributed by atoms with E-state index in [1.54, 1.807) is 0 Å². The van der Waals surface area contributed by atoms with Crippen molar-refractivity contribution in [2.24, 2.45) is 0 Å². The second-order valence-electron chi connectivity index (χ2n) is 5.33. The summed E-state index contributed by atoms with van der Waals surface area (Å²) in [6.45, 7) is 0.808. The van der Waals surface area contributed by atoms with E-state index in [4.69, 9.17) is 21.0 Å². The maximum absolute atomic E-state index is 11.0. The third kappa shape index (κ3) is 4.28. The maximum Gasteiger partial charge on any atom is 0.292 e. The standard InChI is InChI=1S/C17H15ClN4O4/c18-13-7-8-15(22(23)24)14(11-13)19-9-4-10-25-17-16(20-26-21-17)12-5-2-1-3-6-12/h1-3,5-8,11,19H,4,9-10H2. The van der Waals surface area contributed by atoms with Crippen molar-refractivity contribution >= 4 is 23.0 Å². The van der Waals surface area contributed by atoms with Crippen molar-refractivity contribution in [3.05, 3.63) is 63.7 Å². The van der Waals surface area contributed by atoms with Crippen LogP contribution in [0.2, 0.25) is 5.02 Å². The van der Waals surface area contributed by atoms with Gasteiger partial charge in [-0.2, -0.15) is 0 Å². The summed E-state index contributed by atoms with van der Waals surface area (Å²) in [6, 6.07) is 13.8. The van der Waals surface area contributed by atoms with Gasteiger partial charge in [-0.15, -0.1) is 0 Å². The number of rotatable bonds is 8. The van der Waals surface area contributed by atoms with E-state index >= 15 is 0 Å². The molecule has 0 amide bonds. The fraction of sp³-hybridized carbons (Fsp3) is 0.176. The maximum atomic E-state index is 11.0. The van der Waals surface area contributed by atoms with Crippen LogP contribution in [0.25, 0.3) is 11.3 Å². The van der Waals surface area contributed by atoms with Crippen LogP contribution in [-0.2, 0) is 0 Å². The van der Waals surface area contributed by atoms with Crippen LogP contribution in [-0.4, -0.2) is 28.4 Å². The molecule has 0 atom stereocenters. The summed E-state index contributed by atoms with van der Waals surface area (Å²) in [5, 5.41) is 22.1. The summed E-state index contributed by atoms with van der Waals surface area (Å²) in [5.74, 6) is 0.310. The molecule has 2 aromatic carbocycles. The normalized spacial score (nSPS) is 10.5. The van der Waals surface area contributed by atoms with Crippen LogP contribution in [0.5, 0.6) is 5.88 Å². The lowest BCUT2D eigenvalue weighted by molar-refractivity contribution is -0.384. The molecular weight excluding hydrogens is 360 g/mol. The quantitative estimate of drug-likeness (QED) is 0.358. The lowest BCUT2D eigenvalue weighted by Crippen LogP contribution is -2.09. The number of anilines is 1. The van der Waals surface area contributed by atoms with E-state index in [-0.39, 0.29) is 5.69 Å². The predicted molar refractivity (Wildman–Crippen MR) is 96.4 cm³/mol. The van der Waals surface area contributed by atoms with E-state index in [0.717, 1.165) is 5.56 Å². The Labute approximate surface area is 153 Å². The molecule has 0 aliphatic carbocycles. The topological polar surface area (TPSA) is 103 Å². The number of aromatic nitrogens is 2. The molecule has 0 aliphatic heterocycles. The van der Waals surface area contributed by atoms with Crippen molar-refractivity contribution in [2.75, 3.05) is 18.5 Å². The highest BCUT2D eigenvalue weighted by molar-refractivity contribution is 6.31. The molecule has 0 unspecified atom stereocenters. The zero-order valence-corrected chi connectivity index (χ0v) is 14.3. The molecule has 0 aliphatic rings. The van der Waals surface area contributed by atoms with E-state index in [0.29, 0.717) is 41.9 Å². The summed E-state index contributed by atoms with van der Waals surface area (Å²) < 4.78 is 10.4. The van der Waals surface area contributed by atoms with E-state index in [2.05, 4.69) is 15.6 Å². The first-order chi connectivity index (χ1) is 12.6. The van der Waals surface area contributed by atoms with E-state index in [9.17, 15) is 10.1 Å². The summed E-state index contributed by atoms with van der Waals surface area (Å²) in [5.41, 5.74) is 1.72. The van der Waals surface area contributed by atoms with Gasteiger partial charge in [-0.1, -0.05) is 41.9 Å². The first kappa shape index (κ1) is 17.7. The van der Waals surface area contributed by atoms with Gasteiger partial charge in [0.2, 0.25) is 0 Å². The van der Waals surface area contributed by atoms with Crippen LogP contribution in [0.3, 0.4) is 0 Å². The average molecular weight is 375 g/mol. The minimum atomic E-state index is -0.456. The Bertz CT molecular complexity index is 885. The van der Waals surface area contributed by atoms with Gasteiger partial charge in [0.25, 0.3) is 11.6 Å². The molecule has 8 nitrogen and oxygen atoms in total. The molecule has 1 N–H and O–H groups in total. The second kappa shape index (κ2) is 8.30. The summed E-state index contributed by atoms with van der Waals surface area (Å²) >= 11 is 5.89. The minimum absolute atomic E-state index is 0.0256. The van der Waals surface area contributed by atoms with E-state index < -0.39 is 4.92 Å². The van der Waals surface area contributed by atoms with Gasteiger partial charge in [0.1, 0.15) is 5.69 Å². The molecule has 3 aromatic rings. The monoisotopic (exact) mass is 374 g/mol. The molecule has 0 fully saturated rings. The molecular formula is C17H15ClN4O4. The highest BCUT2D eigenvalue weighted by atomic mass is 35.5. The number of nitrogens with one attached hydrogen (secondary N) is 1. The number of hydrogen-bond donors (Lipinski definition) is 1. The number of nitro benzene ring substituents is 1. The van der Waals surface area contributed by atoms with Gasteiger partial charge in [0, 0.05) is 23.2 Å². The highest BCUT2D eigenvalue weighted by Crippen LogP contribution is 2.28. The minimum Gasteiger partial charge on any atom is -0.474 e. The Morgan fingerprint density at radius 2 is 2.00 bits per heavy atom. The molecule has 134 valence electrons. The SMILES string of the molecule is O=[N+]([O-])c1ccc(Cl)cc1NCCCOc1nonc1-c1ccccc1. The molecule has 0 spiro atoms. The number of hydrogen-bond acceptors (Lipinski definition) is 7. The molecule has 1 aromatic heterocycles. The number of halogens is 1. The lowest BCUT2D eigenvalue weighted by Gasteiger charge is -2.08. The number of nitro groups is 1. The van der Waals surface area contributed by atoms with Gasteiger partial charge in [-0.25, -0.2) is 4.63 Å². The number of ether oxygens (including phenoxy) is 1. The summed E-state index contributed by atoms with van der Waals surface area (Å²) in [7, 11) is 0. The smallest absolute Gasteiger partial charge is 0.292 e. The fourth-order valence-corrected chi connectivity index (χ4v) is 2.49. The van der Waals surface area contributed by atoms with Crippen molar-refractivity contribution in [1.29, 1.82) is 0 Å². The lowest BCUT2D eigenvalue weighted by atomic mass is 10.2. The summed E-state index contributed by atoms with van der Waals surface area (Å²) in [6.07, 6.45) is 0.588. The molecule has 3 rings (SSSR count). The highest BCUT2D eigenvalue weighted by Gasteiger charge is 2.15. The van der Waals surface area contributed by atoms with Crippen LogP contribution in [0.15, 0.2) is 53.2 Å². The Morgan fingerprint density at radius 1 is 1.19 bits per heavy atom.